The average molecular weight is 390 g/mol. The molecule has 0 aromatic heterocycles. The van der Waals surface area contributed by atoms with E-state index in [1.165, 1.54) is 6.21 Å². The maximum Gasteiger partial charge on any atom is 0.281 e. The number of aromatic hydroxyl groups is 1. The van der Waals surface area contributed by atoms with Gasteiger partial charge in [0.05, 0.1) is 12.8 Å². The first-order valence-corrected chi connectivity index (χ1v) is 9.19. The van der Waals surface area contributed by atoms with Gasteiger partial charge in [0.25, 0.3) is 5.91 Å². The predicted molar refractivity (Wildman–Crippen MR) is 111 cm³/mol. The summed E-state index contributed by atoms with van der Waals surface area (Å²) in [4.78, 5) is 12.9. The molecule has 6 heteroatoms. The number of ether oxygens (including phenoxy) is 1. The Morgan fingerprint density at radius 3 is 2.14 bits per heavy atom. The molecule has 0 aliphatic carbocycles. The number of nitrogens with one attached hydrogen (secondary N) is 1. The van der Waals surface area contributed by atoms with Gasteiger partial charge in [-0.15, -0.1) is 0 Å². The highest BCUT2D eigenvalue weighted by molar-refractivity contribution is 5.91. The smallest absolute Gasteiger partial charge is 0.281 e. The first-order valence-electron chi connectivity index (χ1n) is 9.19. The fourth-order valence-electron chi connectivity index (χ4n) is 2.94. The van der Waals surface area contributed by atoms with Crippen LogP contribution in [0.15, 0.2) is 84.0 Å². The predicted octanol–water partition coefficient (Wildman–Crippen LogP) is 3.18. The summed E-state index contributed by atoms with van der Waals surface area (Å²) in [6.45, 7) is 2.22. The molecule has 0 fully saturated rings. The van der Waals surface area contributed by atoms with Crippen molar-refractivity contribution in [1.29, 1.82) is 0 Å². The molecule has 3 rings (SSSR count). The molecule has 0 saturated heterocycles. The Bertz CT molecular complexity index is 949. The molecule has 0 aliphatic heterocycles. The summed E-state index contributed by atoms with van der Waals surface area (Å²) in [6.07, 6.45) is 1.30. The van der Waals surface area contributed by atoms with Crippen LogP contribution in [0, 0.1) is 0 Å². The van der Waals surface area contributed by atoms with Gasteiger partial charge in [-0.3, -0.25) is 4.79 Å². The molecule has 0 atom stereocenters. The number of hydrazone groups is 1. The van der Waals surface area contributed by atoms with Gasteiger partial charge in [0, 0.05) is 5.56 Å². The van der Waals surface area contributed by atoms with Crippen molar-refractivity contribution in [3.63, 3.8) is 0 Å². The number of hydrogen-bond donors (Lipinski definition) is 3. The second kappa shape index (κ2) is 9.03. The van der Waals surface area contributed by atoms with Crippen molar-refractivity contribution in [2.45, 2.75) is 12.5 Å². The highest BCUT2D eigenvalue weighted by Gasteiger charge is 2.39. The van der Waals surface area contributed by atoms with E-state index in [0.717, 1.165) is 0 Å². The van der Waals surface area contributed by atoms with Crippen LogP contribution in [0.4, 0.5) is 0 Å². The van der Waals surface area contributed by atoms with Crippen LogP contribution >= 0.6 is 0 Å². The molecule has 0 unspecified atom stereocenters. The van der Waals surface area contributed by atoms with Crippen LogP contribution in [-0.2, 0) is 10.4 Å². The summed E-state index contributed by atoms with van der Waals surface area (Å²) in [6, 6.07) is 22.3. The summed E-state index contributed by atoms with van der Waals surface area (Å²) in [5, 5.41) is 25.5. The van der Waals surface area contributed by atoms with Gasteiger partial charge in [-0.1, -0.05) is 66.7 Å². The lowest BCUT2D eigenvalue weighted by molar-refractivity contribution is -0.136. The van der Waals surface area contributed by atoms with E-state index in [1.807, 2.05) is 6.92 Å². The van der Waals surface area contributed by atoms with Crippen molar-refractivity contribution in [3.8, 4) is 11.5 Å². The van der Waals surface area contributed by atoms with Crippen LogP contribution in [0.1, 0.15) is 23.6 Å². The molecule has 0 heterocycles. The Kier molecular flexibility index (Phi) is 6.26. The summed E-state index contributed by atoms with van der Waals surface area (Å²) in [5.41, 5.74) is 1.66. The number of amides is 1. The number of para-hydroxylation sites is 1. The summed E-state index contributed by atoms with van der Waals surface area (Å²) >= 11 is 0. The standard InChI is InChI=1S/C23H22N2O4/c1-2-29-20-15-9-10-17(21(20)26)16-24-25-22(27)23(28,18-11-5-3-6-12-18)19-13-7-4-8-14-19/h3-16,26,28H,2H2,1H3,(H,25,27)/b24-16-. The molecule has 29 heavy (non-hydrogen) atoms. The highest BCUT2D eigenvalue weighted by Crippen LogP contribution is 2.30. The normalized spacial score (nSPS) is 11.4. The molecule has 3 aromatic carbocycles. The fraction of sp³-hybridized carbons (Fsp3) is 0.130. The second-order valence-electron chi connectivity index (χ2n) is 6.27. The van der Waals surface area contributed by atoms with Gasteiger partial charge in [-0.25, -0.2) is 5.43 Å². The number of carbonyl (C=O) groups is 1. The van der Waals surface area contributed by atoms with Gasteiger partial charge < -0.3 is 14.9 Å². The molecule has 6 nitrogen and oxygen atoms in total. The lowest BCUT2D eigenvalue weighted by Gasteiger charge is -2.27. The van der Waals surface area contributed by atoms with E-state index in [1.54, 1.807) is 78.9 Å². The quantitative estimate of drug-likeness (QED) is 0.427. The van der Waals surface area contributed by atoms with Crippen molar-refractivity contribution in [2.75, 3.05) is 6.61 Å². The molecule has 1 amide bonds. The van der Waals surface area contributed by atoms with E-state index in [9.17, 15) is 15.0 Å². The summed E-state index contributed by atoms with van der Waals surface area (Å²) in [5.74, 6) is -0.465. The Hall–Kier alpha value is -3.64. The van der Waals surface area contributed by atoms with Gasteiger partial charge in [0.15, 0.2) is 17.1 Å². The highest BCUT2D eigenvalue weighted by atomic mass is 16.5. The van der Waals surface area contributed by atoms with E-state index in [-0.39, 0.29) is 5.75 Å². The molecule has 0 aliphatic rings. The minimum atomic E-state index is -1.92. The Balaban J connectivity index is 1.87. The van der Waals surface area contributed by atoms with Crippen LogP contribution in [0.3, 0.4) is 0 Å². The number of phenols is 1. The van der Waals surface area contributed by atoms with Crippen LogP contribution < -0.4 is 10.2 Å². The lowest BCUT2D eigenvalue weighted by Crippen LogP contribution is -2.43. The number of hydrogen-bond acceptors (Lipinski definition) is 5. The van der Waals surface area contributed by atoms with Crippen LogP contribution in [0.25, 0.3) is 0 Å². The van der Waals surface area contributed by atoms with E-state index >= 15 is 0 Å². The molecule has 0 radical (unpaired) electrons. The number of phenolic OH excluding ortho intramolecular Hbond substituents is 1. The van der Waals surface area contributed by atoms with Crippen molar-refractivity contribution in [2.24, 2.45) is 5.10 Å². The fourth-order valence-corrected chi connectivity index (χ4v) is 2.94. The second-order valence-corrected chi connectivity index (χ2v) is 6.27. The maximum atomic E-state index is 12.9. The number of aliphatic hydroxyl groups is 1. The van der Waals surface area contributed by atoms with E-state index in [0.29, 0.717) is 29.0 Å². The Morgan fingerprint density at radius 1 is 1.00 bits per heavy atom. The lowest BCUT2D eigenvalue weighted by atomic mass is 9.85. The number of rotatable bonds is 7. The van der Waals surface area contributed by atoms with Gasteiger partial charge in [-0.05, 0) is 30.2 Å². The number of carbonyl (C=O) groups excluding carboxylic acids is 1. The zero-order valence-corrected chi connectivity index (χ0v) is 15.9. The van der Waals surface area contributed by atoms with E-state index in [2.05, 4.69) is 10.5 Å². The maximum absolute atomic E-state index is 12.9. The largest absolute Gasteiger partial charge is 0.504 e. The molecule has 0 saturated carbocycles. The summed E-state index contributed by atoms with van der Waals surface area (Å²) in [7, 11) is 0. The number of nitrogens with zero attached hydrogens (tertiary/aromatic N) is 1. The molecule has 0 bridgehead atoms. The first kappa shape index (κ1) is 20.1. The van der Waals surface area contributed by atoms with Gasteiger partial charge in [0.2, 0.25) is 0 Å². The molecule has 148 valence electrons. The van der Waals surface area contributed by atoms with Crippen molar-refractivity contribution < 1.29 is 19.7 Å². The first-order chi connectivity index (χ1) is 14.1. The van der Waals surface area contributed by atoms with Gasteiger partial charge >= 0.3 is 0 Å². The SMILES string of the molecule is CCOc1cccc(/C=N\NC(=O)C(O)(c2ccccc2)c2ccccc2)c1O. The van der Waals surface area contributed by atoms with E-state index < -0.39 is 11.5 Å². The minimum absolute atomic E-state index is 0.0753. The van der Waals surface area contributed by atoms with E-state index in [4.69, 9.17) is 4.74 Å². The van der Waals surface area contributed by atoms with Crippen LogP contribution in [0.5, 0.6) is 11.5 Å². The third-order valence-corrected chi connectivity index (χ3v) is 4.41. The van der Waals surface area contributed by atoms with Crippen LogP contribution in [-0.4, -0.2) is 28.9 Å². The molecule has 3 N–H and O–H groups in total. The molecular formula is C23H22N2O4. The van der Waals surface area contributed by atoms with Crippen molar-refractivity contribution in [1.82, 2.24) is 5.43 Å². The zero-order valence-electron chi connectivity index (χ0n) is 15.9. The molecular weight excluding hydrogens is 368 g/mol. The minimum Gasteiger partial charge on any atom is -0.504 e. The summed E-state index contributed by atoms with van der Waals surface area (Å²) < 4.78 is 5.34. The van der Waals surface area contributed by atoms with Gasteiger partial charge in [-0.2, -0.15) is 5.10 Å². The van der Waals surface area contributed by atoms with Crippen LogP contribution in [0.2, 0.25) is 0 Å². The topological polar surface area (TPSA) is 91.2 Å². The Morgan fingerprint density at radius 2 is 1.59 bits per heavy atom. The monoisotopic (exact) mass is 390 g/mol. The zero-order chi connectivity index (χ0) is 20.7. The Labute approximate surface area is 169 Å². The number of benzene rings is 3. The molecule has 0 spiro atoms. The third kappa shape index (κ3) is 4.28. The average Bonchev–Trinajstić information content (AvgIpc) is 2.77. The van der Waals surface area contributed by atoms with Crippen molar-refractivity contribution in [3.05, 3.63) is 95.6 Å². The molecule has 3 aromatic rings. The third-order valence-electron chi connectivity index (χ3n) is 4.41. The van der Waals surface area contributed by atoms with Gasteiger partial charge in [0.1, 0.15) is 0 Å². The van der Waals surface area contributed by atoms with Crippen molar-refractivity contribution >= 4 is 12.1 Å².